The van der Waals surface area contributed by atoms with Crippen LogP contribution < -0.4 is 5.32 Å². The molecular weight excluding hydrogens is 248 g/mol. The fourth-order valence-electron chi connectivity index (χ4n) is 1.96. The van der Waals surface area contributed by atoms with Crippen molar-refractivity contribution < 1.29 is 4.79 Å². The summed E-state index contributed by atoms with van der Waals surface area (Å²) < 4.78 is 0. The van der Waals surface area contributed by atoms with Crippen molar-refractivity contribution in [2.75, 3.05) is 11.9 Å². The van der Waals surface area contributed by atoms with Crippen molar-refractivity contribution in [2.45, 2.75) is 27.2 Å². The SMILES string of the molecule is CCCNc1ccc(N=C2C=CC(=O)C(C)=C2C)cc1. The average molecular weight is 268 g/mol. The van der Waals surface area contributed by atoms with E-state index < -0.39 is 0 Å². The molecule has 104 valence electrons. The Kier molecular flexibility index (Phi) is 4.51. The number of nitrogens with zero attached hydrogens (tertiary/aromatic N) is 1. The summed E-state index contributed by atoms with van der Waals surface area (Å²) in [6.07, 6.45) is 4.47. The van der Waals surface area contributed by atoms with Crippen LogP contribution >= 0.6 is 0 Å². The molecule has 0 unspecified atom stereocenters. The Balaban J connectivity index is 2.19. The summed E-state index contributed by atoms with van der Waals surface area (Å²) >= 11 is 0. The van der Waals surface area contributed by atoms with Crippen LogP contribution in [0.2, 0.25) is 0 Å². The van der Waals surface area contributed by atoms with E-state index in [1.54, 1.807) is 12.2 Å². The highest BCUT2D eigenvalue weighted by molar-refractivity contribution is 6.22. The number of allylic oxidation sites excluding steroid dienone is 4. The van der Waals surface area contributed by atoms with Crippen molar-refractivity contribution in [1.82, 2.24) is 0 Å². The highest BCUT2D eigenvalue weighted by Gasteiger charge is 2.13. The van der Waals surface area contributed by atoms with Crippen LogP contribution in [0.25, 0.3) is 0 Å². The second-order valence-corrected chi connectivity index (χ2v) is 4.92. The molecule has 0 spiro atoms. The van der Waals surface area contributed by atoms with Gasteiger partial charge in [-0.25, -0.2) is 4.99 Å². The highest BCUT2D eigenvalue weighted by atomic mass is 16.1. The average Bonchev–Trinajstić information content (AvgIpc) is 2.47. The maximum atomic E-state index is 11.5. The van der Waals surface area contributed by atoms with Gasteiger partial charge in [0.15, 0.2) is 5.78 Å². The Morgan fingerprint density at radius 3 is 2.40 bits per heavy atom. The van der Waals surface area contributed by atoms with Gasteiger partial charge >= 0.3 is 0 Å². The first kappa shape index (κ1) is 14.3. The number of nitrogens with one attached hydrogen (secondary N) is 1. The number of hydrogen-bond acceptors (Lipinski definition) is 3. The van der Waals surface area contributed by atoms with E-state index in [-0.39, 0.29) is 5.78 Å². The Bertz CT molecular complexity index is 592. The normalized spacial score (nSPS) is 16.9. The molecule has 0 aromatic heterocycles. The third kappa shape index (κ3) is 3.23. The van der Waals surface area contributed by atoms with Gasteiger partial charge in [-0.3, -0.25) is 4.79 Å². The predicted octanol–water partition coefficient (Wildman–Crippen LogP) is 4.06. The van der Waals surface area contributed by atoms with Crippen LogP contribution in [0, 0.1) is 0 Å². The van der Waals surface area contributed by atoms with Crippen molar-refractivity contribution in [1.29, 1.82) is 0 Å². The zero-order valence-electron chi connectivity index (χ0n) is 12.2. The molecule has 0 bridgehead atoms. The Hall–Kier alpha value is -2.16. The van der Waals surface area contributed by atoms with Gasteiger partial charge in [0.1, 0.15) is 0 Å². The predicted molar refractivity (Wildman–Crippen MR) is 84.8 cm³/mol. The molecule has 1 N–H and O–H groups in total. The van der Waals surface area contributed by atoms with Gasteiger partial charge in [0.05, 0.1) is 11.4 Å². The molecule has 2 rings (SSSR count). The van der Waals surface area contributed by atoms with Gasteiger partial charge in [-0.2, -0.15) is 0 Å². The lowest BCUT2D eigenvalue weighted by Crippen LogP contribution is -2.10. The van der Waals surface area contributed by atoms with Gasteiger partial charge in [-0.05, 0) is 62.3 Å². The molecule has 0 atom stereocenters. The summed E-state index contributed by atoms with van der Waals surface area (Å²) in [5, 5.41) is 3.33. The second-order valence-electron chi connectivity index (χ2n) is 4.92. The molecule has 3 nitrogen and oxygen atoms in total. The number of benzene rings is 1. The van der Waals surface area contributed by atoms with Gasteiger partial charge < -0.3 is 5.32 Å². The monoisotopic (exact) mass is 268 g/mol. The van der Waals surface area contributed by atoms with E-state index in [0.29, 0.717) is 0 Å². The molecule has 20 heavy (non-hydrogen) atoms. The minimum absolute atomic E-state index is 0.0700. The first-order chi connectivity index (χ1) is 9.61. The largest absolute Gasteiger partial charge is 0.385 e. The second kappa shape index (κ2) is 6.33. The van der Waals surface area contributed by atoms with Gasteiger partial charge in [-0.15, -0.1) is 0 Å². The van der Waals surface area contributed by atoms with E-state index >= 15 is 0 Å². The van der Waals surface area contributed by atoms with Crippen LogP contribution in [0.1, 0.15) is 27.2 Å². The maximum Gasteiger partial charge on any atom is 0.181 e. The lowest BCUT2D eigenvalue weighted by molar-refractivity contribution is -0.111. The van der Waals surface area contributed by atoms with Crippen molar-refractivity contribution in [3.8, 4) is 0 Å². The third-order valence-corrected chi connectivity index (χ3v) is 3.40. The van der Waals surface area contributed by atoms with Gasteiger partial charge in [0.2, 0.25) is 0 Å². The third-order valence-electron chi connectivity index (χ3n) is 3.40. The van der Waals surface area contributed by atoms with Crippen LogP contribution in [-0.2, 0) is 4.79 Å². The maximum absolute atomic E-state index is 11.5. The molecule has 0 radical (unpaired) electrons. The van der Waals surface area contributed by atoms with Crippen molar-refractivity contribution in [3.05, 3.63) is 47.6 Å². The molecule has 1 aromatic carbocycles. The Morgan fingerprint density at radius 2 is 1.75 bits per heavy atom. The van der Waals surface area contributed by atoms with Gasteiger partial charge in [-0.1, -0.05) is 6.92 Å². The summed E-state index contributed by atoms with van der Waals surface area (Å²) in [7, 11) is 0. The number of rotatable bonds is 4. The van der Waals surface area contributed by atoms with Crippen molar-refractivity contribution >= 4 is 22.9 Å². The van der Waals surface area contributed by atoms with Crippen molar-refractivity contribution in [3.63, 3.8) is 0 Å². The summed E-state index contributed by atoms with van der Waals surface area (Å²) in [6, 6.07) is 8.02. The van der Waals surface area contributed by atoms with Crippen LogP contribution in [0.3, 0.4) is 0 Å². The van der Waals surface area contributed by atoms with E-state index in [9.17, 15) is 4.79 Å². The minimum atomic E-state index is 0.0700. The standard InChI is InChI=1S/C17H20N2O/c1-4-11-18-14-5-7-15(8-6-14)19-16-9-10-17(20)13(3)12(16)2/h5-10,18H,4,11H2,1-3H3. The first-order valence-electron chi connectivity index (χ1n) is 6.94. The van der Waals surface area contributed by atoms with E-state index in [1.807, 2.05) is 38.1 Å². The topological polar surface area (TPSA) is 41.5 Å². The molecule has 1 aliphatic rings. The number of carbonyl (C=O) groups excluding carboxylic acids is 1. The number of anilines is 1. The van der Waals surface area contributed by atoms with Crippen molar-refractivity contribution in [2.24, 2.45) is 4.99 Å². The summed E-state index contributed by atoms with van der Waals surface area (Å²) in [4.78, 5) is 16.1. The Morgan fingerprint density at radius 1 is 1.05 bits per heavy atom. The van der Waals surface area contributed by atoms with E-state index in [0.717, 1.165) is 41.2 Å². The fourth-order valence-corrected chi connectivity index (χ4v) is 1.96. The molecule has 0 saturated carbocycles. The smallest absolute Gasteiger partial charge is 0.181 e. The quantitative estimate of drug-likeness (QED) is 0.837. The molecule has 0 amide bonds. The zero-order valence-corrected chi connectivity index (χ0v) is 12.2. The van der Waals surface area contributed by atoms with Gasteiger partial charge in [0, 0.05) is 17.8 Å². The molecule has 1 aromatic rings. The summed E-state index contributed by atoms with van der Waals surface area (Å²) in [5.41, 5.74) is 4.58. The number of carbonyl (C=O) groups is 1. The van der Waals surface area contributed by atoms with E-state index in [1.165, 1.54) is 0 Å². The highest BCUT2D eigenvalue weighted by Crippen LogP contribution is 2.21. The Labute approximate surface area is 120 Å². The van der Waals surface area contributed by atoms with E-state index in [4.69, 9.17) is 0 Å². The first-order valence-corrected chi connectivity index (χ1v) is 6.94. The molecular formula is C17H20N2O. The molecule has 0 heterocycles. The zero-order chi connectivity index (χ0) is 14.5. The lowest BCUT2D eigenvalue weighted by Gasteiger charge is -2.11. The lowest BCUT2D eigenvalue weighted by atomic mass is 9.97. The number of ketones is 1. The molecule has 1 aliphatic carbocycles. The van der Waals surface area contributed by atoms with Gasteiger partial charge in [0.25, 0.3) is 0 Å². The number of aliphatic imine (C=N–C) groups is 1. The van der Waals surface area contributed by atoms with Crippen LogP contribution in [0.15, 0.2) is 52.6 Å². The minimum Gasteiger partial charge on any atom is -0.385 e. The van der Waals surface area contributed by atoms with E-state index in [2.05, 4.69) is 17.2 Å². The molecule has 0 saturated heterocycles. The summed E-state index contributed by atoms with van der Waals surface area (Å²) in [5.74, 6) is 0.0700. The summed E-state index contributed by atoms with van der Waals surface area (Å²) in [6.45, 7) is 6.89. The van der Waals surface area contributed by atoms with Crippen LogP contribution in [0.5, 0.6) is 0 Å². The molecule has 3 heteroatoms. The van der Waals surface area contributed by atoms with Crippen LogP contribution in [0.4, 0.5) is 11.4 Å². The van der Waals surface area contributed by atoms with Crippen LogP contribution in [-0.4, -0.2) is 18.0 Å². The number of hydrogen-bond donors (Lipinski definition) is 1. The fraction of sp³-hybridized carbons (Fsp3) is 0.294. The molecule has 0 fully saturated rings. The molecule has 0 aliphatic heterocycles.